The smallest absolute Gasteiger partial charge is 0.385 e. The van der Waals surface area contributed by atoms with Gasteiger partial charge in [-0.3, -0.25) is 0 Å². The van der Waals surface area contributed by atoms with E-state index in [1.165, 1.54) is 0 Å². The van der Waals surface area contributed by atoms with Gasteiger partial charge in [0.05, 0.1) is 0 Å². The van der Waals surface area contributed by atoms with E-state index in [9.17, 15) is 0 Å². The van der Waals surface area contributed by atoms with E-state index < -0.39 is 17.6 Å². The Morgan fingerprint density at radius 1 is 0.643 bits per heavy atom. The molecule has 0 aliphatic heterocycles. The van der Waals surface area contributed by atoms with E-state index in [0.29, 0.717) is 26.4 Å². The van der Waals surface area contributed by atoms with Crippen molar-refractivity contribution in [3.63, 3.8) is 0 Å². The van der Waals surface area contributed by atoms with Crippen LogP contribution in [0.25, 0.3) is 0 Å². The van der Waals surface area contributed by atoms with Crippen LogP contribution in [0.5, 0.6) is 0 Å². The Labute approximate surface area is 175 Å². The van der Waals surface area contributed by atoms with E-state index in [4.69, 9.17) is 31.3 Å². The Morgan fingerprint density at radius 3 is 1.32 bits per heavy atom. The van der Waals surface area contributed by atoms with Crippen LogP contribution in [0.4, 0.5) is 0 Å². The van der Waals surface area contributed by atoms with Crippen LogP contribution in [0.15, 0.2) is 0 Å². The van der Waals surface area contributed by atoms with Crippen LogP contribution in [-0.2, 0) is 31.3 Å². The largest absolute Gasteiger partial charge is 0.500 e. The summed E-state index contributed by atoms with van der Waals surface area (Å²) in [6.07, 6.45) is 1.94. The summed E-state index contributed by atoms with van der Waals surface area (Å²) in [5, 5.41) is 3.10. The first-order valence-electron chi connectivity index (χ1n) is 10.3. The molecule has 0 radical (unpaired) electrons. The van der Waals surface area contributed by atoms with Crippen molar-refractivity contribution in [3.05, 3.63) is 0 Å². The predicted octanol–water partition coefficient (Wildman–Crippen LogP) is 2.94. The summed E-state index contributed by atoms with van der Waals surface area (Å²) in [6, 6.07) is 1.70. The van der Waals surface area contributed by atoms with Gasteiger partial charge in [0.15, 0.2) is 0 Å². The molecule has 0 aliphatic rings. The molecule has 0 saturated carbocycles. The van der Waals surface area contributed by atoms with E-state index in [2.05, 4.69) is 5.32 Å². The van der Waals surface area contributed by atoms with E-state index in [0.717, 1.165) is 38.1 Å². The van der Waals surface area contributed by atoms with Crippen molar-refractivity contribution < 1.29 is 31.3 Å². The molecule has 0 aliphatic carbocycles. The molecule has 0 rings (SSSR count). The van der Waals surface area contributed by atoms with Crippen molar-refractivity contribution in [1.29, 1.82) is 0 Å². The number of methoxy groups -OCH3 is 1. The molecule has 1 N–H and O–H groups in total. The second kappa shape index (κ2) is 20.4. The topological polar surface area (TPSA) is 76.6 Å². The van der Waals surface area contributed by atoms with Gasteiger partial charge in [0, 0.05) is 66.5 Å². The maximum Gasteiger partial charge on any atom is 0.500 e. The van der Waals surface area contributed by atoms with Crippen LogP contribution in [0.3, 0.4) is 0 Å². The number of hydrogen-bond donors (Lipinski definition) is 1. The minimum atomic E-state index is -2.39. The SMILES string of the molecule is CCO[Si](CCCNC)(OC)OCC.CCO[Si](CCCOC)(OC)OCC. The molecule has 0 aromatic carbocycles. The highest BCUT2D eigenvalue weighted by molar-refractivity contribution is 6.61. The molecule has 0 aromatic rings. The molecule has 8 nitrogen and oxygen atoms in total. The lowest BCUT2D eigenvalue weighted by atomic mass is 10.5. The highest BCUT2D eigenvalue weighted by Crippen LogP contribution is 2.17. The van der Waals surface area contributed by atoms with E-state index in [1.807, 2.05) is 34.7 Å². The van der Waals surface area contributed by atoms with Gasteiger partial charge < -0.3 is 36.6 Å². The van der Waals surface area contributed by atoms with Gasteiger partial charge in [-0.05, 0) is 54.1 Å². The fourth-order valence-electron chi connectivity index (χ4n) is 2.61. The monoisotopic (exact) mass is 443 g/mol. The Bertz CT molecular complexity index is 286. The van der Waals surface area contributed by atoms with Crippen molar-refractivity contribution in [2.45, 2.75) is 52.6 Å². The van der Waals surface area contributed by atoms with Gasteiger partial charge in [-0.1, -0.05) is 0 Å². The second-order valence-electron chi connectivity index (χ2n) is 5.81. The van der Waals surface area contributed by atoms with Crippen LogP contribution < -0.4 is 5.32 Å². The minimum absolute atomic E-state index is 0.632. The Kier molecular flexibility index (Phi) is 22.1. The molecule has 0 fully saturated rings. The van der Waals surface area contributed by atoms with Crippen molar-refractivity contribution >= 4 is 17.6 Å². The number of rotatable bonds is 18. The lowest BCUT2D eigenvalue weighted by Gasteiger charge is -2.27. The Balaban J connectivity index is 0. The molecule has 172 valence electrons. The van der Waals surface area contributed by atoms with Gasteiger partial charge in [-0.15, -0.1) is 0 Å². The predicted molar refractivity (Wildman–Crippen MR) is 117 cm³/mol. The van der Waals surface area contributed by atoms with Crippen LogP contribution in [0, 0.1) is 0 Å². The zero-order valence-electron chi connectivity index (χ0n) is 19.4. The third-order valence-corrected chi connectivity index (χ3v) is 9.91. The van der Waals surface area contributed by atoms with Crippen LogP contribution in [-0.4, -0.2) is 85.6 Å². The summed E-state index contributed by atoms with van der Waals surface area (Å²) in [5.74, 6) is 0. The van der Waals surface area contributed by atoms with Crippen LogP contribution in [0.1, 0.15) is 40.5 Å². The molecular formula is C18H45NO7Si2. The summed E-state index contributed by atoms with van der Waals surface area (Å²) in [6.45, 7) is 12.1. The molecule has 28 heavy (non-hydrogen) atoms. The molecular weight excluding hydrogens is 398 g/mol. The standard InChI is InChI=1S/C9H23NO3Si.C9H22O4Si/c2*1-5-12-14(11-4,13-6-2)9-7-8-10-3/h10H,5-9H2,1-4H3;5-9H2,1-4H3. The summed E-state index contributed by atoms with van der Waals surface area (Å²) in [7, 11) is 2.23. The molecule has 0 atom stereocenters. The summed E-state index contributed by atoms with van der Waals surface area (Å²) >= 11 is 0. The average Bonchev–Trinajstić information content (AvgIpc) is 2.69. The fraction of sp³-hybridized carbons (Fsp3) is 1.00. The van der Waals surface area contributed by atoms with Crippen molar-refractivity contribution in [2.75, 3.05) is 68.0 Å². The van der Waals surface area contributed by atoms with Crippen LogP contribution in [0.2, 0.25) is 12.1 Å². The third-order valence-electron chi connectivity index (χ3n) is 3.82. The first-order valence-corrected chi connectivity index (χ1v) is 14.1. The summed E-state index contributed by atoms with van der Waals surface area (Å²) < 4.78 is 38.3. The van der Waals surface area contributed by atoms with E-state index in [-0.39, 0.29) is 0 Å². The zero-order valence-corrected chi connectivity index (χ0v) is 21.4. The minimum Gasteiger partial charge on any atom is -0.385 e. The molecule has 0 amide bonds. The van der Waals surface area contributed by atoms with Gasteiger partial charge in [0.25, 0.3) is 0 Å². The number of hydrogen-bond acceptors (Lipinski definition) is 8. The Hall–Kier alpha value is 0.114. The number of nitrogens with one attached hydrogen (secondary N) is 1. The van der Waals surface area contributed by atoms with Gasteiger partial charge in [0.2, 0.25) is 0 Å². The molecule has 0 spiro atoms. The quantitative estimate of drug-likeness (QED) is 0.256. The summed E-state index contributed by atoms with van der Waals surface area (Å²) in [5.41, 5.74) is 0. The first kappa shape index (κ1) is 30.3. The van der Waals surface area contributed by atoms with E-state index >= 15 is 0 Å². The maximum atomic E-state index is 5.63. The average molecular weight is 444 g/mol. The third kappa shape index (κ3) is 14.2. The summed E-state index contributed by atoms with van der Waals surface area (Å²) in [4.78, 5) is 0. The highest BCUT2D eigenvalue weighted by Gasteiger charge is 2.39. The van der Waals surface area contributed by atoms with Crippen molar-refractivity contribution in [3.8, 4) is 0 Å². The highest BCUT2D eigenvalue weighted by atomic mass is 28.4. The molecule has 0 aromatic heterocycles. The van der Waals surface area contributed by atoms with Gasteiger partial charge in [-0.25, -0.2) is 0 Å². The van der Waals surface area contributed by atoms with Crippen LogP contribution >= 0.6 is 0 Å². The molecule has 10 heteroatoms. The molecule has 0 heterocycles. The van der Waals surface area contributed by atoms with Gasteiger partial charge in [-0.2, -0.15) is 0 Å². The van der Waals surface area contributed by atoms with Crippen molar-refractivity contribution in [1.82, 2.24) is 5.32 Å². The zero-order chi connectivity index (χ0) is 21.7. The lowest BCUT2D eigenvalue weighted by Crippen LogP contribution is -2.45. The van der Waals surface area contributed by atoms with Crippen molar-refractivity contribution in [2.24, 2.45) is 0 Å². The molecule has 0 unspecified atom stereocenters. The normalized spacial score (nSPS) is 12.0. The Morgan fingerprint density at radius 2 is 1.04 bits per heavy atom. The molecule has 0 bridgehead atoms. The molecule has 0 saturated heterocycles. The lowest BCUT2D eigenvalue weighted by molar-refractivity contribution is 0.0828. The first-order chi connectivity index (χ1) is 13.5. The van der Waals surface area contributed by atoms with Gasteiger partial charge >= 0.3 is 17.6 Å². The second-order valence-corrected chi connectivity index (χ2v) is 11.5. The number of ether oxygens (including phenoxy) is 1. The fourth-order valence-corrected chi connectivity index (χ4v) is 7.18. The maximum absolute atomic E-state index is 5.63. The van der Waals surface area contributed by atoms with Gasteiger partial charge in [0.1, 0.15) is 0 Å². The van der Waals surface area contributed by atoms with E-state index in [1.54, 1.807) is 21.3 Å².